The minimum atomic E-state index is -5.01. The maximum Gasteiger partial charge on any atom is 0.416 e. The molecular formula is C21H16F6O4. The van der Waals surface area contributed by atoms with Crippen LogP contribution in [0.2, 0.25) is 0 Å². The van der Waals surface area contributed by atoms with Crippen molar-refractivity contribution in [1.29, 1.82) is 0 Å². The first-order valence-electron chi connectivity index (χ1n) is 8.57. The van der Waals surface area contributed by atoms with Crippen LogP contribution in [0.4, 0.5) is 26.3 Å². The first-order valence-corrected chi connectivity index (χ1v) is 8.57. The number of ether oxygens (including phenoxy) is 2. The Labute approximate surface area is 173 Å². The Morgan fingerprint density at radius 1 is 1.03 bits per heavy atom. The summed E-state index contributed by atoms with van der Waals surface area (Å²) in [7, 11) is 1.29. The van der Waals surface area contributed by atoms with E-state index in [1.807, 2.05) is 0 Å². The Morgan fingerprint density at radius 3 is 2.26 bits per heavy atom. The maximum atomic E-state index is 13.2. The van der Waals surface area contributed by atoms with E-state index in [0.717, 1.165) is 0 Å². The van der Waals surface area contributed by atoms with Gasteiger partial charge in [-0.2, -0.15) is 26.3 Å². The van der Waals surface area contributed by atoms with Gasteiger partial charge in [-0.3, -0.25) is 0 Å². The van der Waals surface area contributed by atoms with Crippen LogP contribution in [-0.2, 0) is 23.8 Å². The summed E-state index contributed by atoms with van der Waals surface area (Å²) in [4.78, 5) is 10.8. The molecule has 0 spiro atoms. The van der Waals surface area contributed by atoms with Crippen LogP contribution in [0.25, 0.3) is 6.08 Å². The fraction of sp³-hybridized carbons (Fsp3) is 0.238. The molecule has 1 N–H and O–H groups in total. The van der Waals surface area contributed by atoms with Gasteiger partial charge in [-0.15, -0.1) is 5.73 Å². The number of carboxylic acids is 1. The van der Waals surface area contributed by atoms with Gasteiger partial charge >= 0.3 is 18.3 Å². The van der Waals surface area contributed by atoms with Crippen molar-refractivity contribution in [3.05, 3.63) is 70.0 Å². The van der Waals surface area contributed by atoms with Gasteiger partial charge in [0.05, 0.1) is 23.8 Å². The van der Waals surface area contributed by atoms with E-state index in [2.05, 4.69) is 5.73 Å². The highest BCUT2D eigenvalue weighted by Crippen LogP contribution is 2.38. The van der Waals surface area contributed by atoms with Gasteiger partial charge in [-0.05, 0) is 42.8 Å². The SMILES string of the molecule is COc1cc(C=C=C(C)C(=O)O)ccc1OCc1ccc(C(F)(F)F)cc1C(F)(F)F. The molecule has 2 aromatic carbocycles. The molecule has 10 heteroatoms. The molecule has 4 nitrogen and oxygen atoms in total. The lowest BCUT2D eigenvalue weighted by Crippen LogP contribution is -2.14. The van der Waals surface area contributed by atoms with Crippen LogP contribution in [0.1, 0.15) is 29.2 Å². The number of hydrogen-bond donors (Lipinski definition) is 1. The number of methoxy groups -OCH3 is 1. The molecule has 0 heterocycles. The van der Waals surface area contributed by atoms with E-state index in [9.17, 15) is 31.1 Å². The van der Waals surface area contributed by atoms with E-state index < -0.39 is 41.6 Å². The Hall–Kier alpha value is -3.39. The number of rotatable bonds is 6. The predicted octanol–water partition coefficient (Wildman–Crippen LogP) is 5.95. The lowest BCUT2D eigenvalue weighted by molar-refractivity contribution is -0.143. The maximum absolute atomic E-state index is 13.2. The van der Waals surface area contributed by atoms with Crippen molar-refractivity contribution < 1.29 is 45.7 Å². The minimum absolute atomic E-state index is 0.0405. The largest absolute Gasteiger partial charge is 0.493 e. The molecule has 0 saturated heterocycles. The first kappa shape index (κ1) is 23.9. The van der Waals surface area contributed by atoms with Gasteiger partial charge in [0.1, 0.15) is 6.61 Å². The van der Waals surface area contributed by atoms with E-state index in [0.29, 0.717) is 17.7 Å². The molecular weight excluding hydrogens is 430 g/mol. The Balaban J connectivity index is 2.32. The molecule has 31 heavy (non-hydrogen) atoms. The van der Waals surface area contributed by atoms with Crippen LogP contribution in [0.15, 0.2) is 47.7 Å². The molecule has 0 unspecified atom stereocenters. The smallest absolute Gasteiger partial charge is 0.416 e. The van der Waals surface area contributed by atoms with Crippen LogP contribution in [0.3, 0.4) is 0 Å². The van der Waals surface area contributed by atoms with E-state index in [1.54, 1.807) is 0 Å². The Bertz CT molecular complexity index is 1030. The summed E-state index contributed by atoms with van der Waals surface area (Å²) in [5.41, 5.74) is -0.355. The van der Waals surface area contributed by atoms with Crippen molar-refractivity contribution in [2.45, 2.75) is 25.9 Å². The number of aliphatic carboxylic acids is 1. The molecule has 0 aromatic heterocycles. The minimum Gasteiger partial charge on any atom is -0.493 e. The molecule has 2 rings (SSSR count). The van der Waals surface area contributed by atoms with Crippen molar-refractivity contribution in [3.63, 3.8) is 0 Å². The highest BCUT2D eigenvalue weighted by molar-refractivity contribution is 5.86. The molecule has 0 aliphatic heterocycles. The average Bonchev–Trinajstić information content (AvgIpc) is 2.68. The second-order valence-corrected chi connectivity index (χ2v) is 6.29. The van der Waals surface area contributed by atoms with Gasteiger partial charge in [0, 0.05) is 5.56 Å². The summed E-state index contributed by atoms with van der Waals surface area (Å²) >= 11 is 0. The number of halogens is 6. The van der Waals surface area contributed by atoms with Crippen LogP contribution >= 0.6 is 0 Å². The molecule has 0 amide bonds. The van der Waals surface area contributed by atoms with Gasteiger partial charge in [0.25, 0.3) is 0 Å². The van der Waals surface area contributed by atoms with Gasteiger partial charge in [-0.1, -0.05) is 12.1 Å². The van der Waals surface area contributed by atoms with Crippen LogP contribution in [-0.4, -0.2) is 18.2 Å². The fourth-order valence-corrected chi connectivity index (χ4v) is 2.44. The molecule has 0 aliphatic carbocycles. The van der Waals surface area contributed by atoms with Crippen molar-refractivity contribution in [2.75, 3.05) is 7.11 Å². The van der Waals surface area contributed by atoms with Crippen LogP contribution in [0.5, 0.6) is 11.5 Å². The summed E-state index contributed by atoms with van der Waals surface area (Å²) in [6, 6.07) is 5.61. The third-order valence-electron chi connectivity index (χ3n) is 4.09. The van der Waals surface area contributed by atoms with E-state index in [1.165, 1.54) is 38.3 Å². The van der Waals surface area contributed by atoms with Crippen molar-refractivity contribution in [1.82, 2.24) is 0 Å². The molecule has 0 bridgehead atoms. The van der Waals surface area contributed by atoms with E-state index in [4.69, 9.17) is 14.6 Å². The van der Waals surface area contributed by atoms with Gasteiger partial charge < -0.3 is 14.6 Å². The van der Waals surface area contributed by atoms with Gasteiger partial charge in [-0.25, -0.2) is 4.79 Å². The molecule has 166 valence electrons. The number of alkyl halides is 6. The van der Waals surface area contributed by atoms with Crippen LogP contribution < -0.4 is 9.47 Å². The zero-order chi connectivity index (χ0) is 23.4. The molecule has 2 aromatic rings. The average molecular weight is 446 g/mol. The molecule has 0 aliphatic rings. The number of carboxylic acid groups (broad SMARTS) is 1. The predicted molar refractivity (Wildman–Crippen MR) is 98.6 cm³/mol. The topological polar surface area (TPSA) is 55.8 Å². The quantitative estimate of drug-likeness (QED) is 0.338. The summed E-state index contributed by atoms with van der Waals surface area (Å²) in [6.07, 6.45) is -8.56. The highest BCUT2D eigenvalue weighted by Gasteiger charge is 2.38. The lowest BCUT2D eigenvalue weighted by Gasteiger charge is -2.17. The fourth-order valence-electron chi connectivity index (χ4n) is 2.44. The summed E-state index contributed by atoms with van der Waals surface area (Å²) in [5.74, 6) is -0.976. The van der Waals surface area contributed by atoms with Crippen molar-refractivity contribution >= 4 is 12.0 Å². The summed E-state index contributed by atoms with van der Waals surface area (Å²) in [6.45, 7) is 0.687. The molecule has 0 radical (unpaired) electrons. The van der Waals surface area contributed by atoms with Crippen molar-refractivity contribution in [2.24, 2.45) is 0 Å². The summed E-state index contributed by atoms with van der Waals surface area (Å²) < 4.78 is 88.5. The normalized spacial score (nSPS) is 11.5. The summed E-state index contributed by atoms with van der Waals surface area (Å²) in [5, 5.41) is 8.82. The standard InChI is InChI=1S/C21H16F6O4/c1-12(19(28)29)3-4-13-5-8-17(18(9-13)30-2)31-11-14-6-7-15(20(22,23)24)10-16(14)21(25,26)27/h4-10H,11H2,1-2H3,(H,28,29). The first-order chi connectivity index (χ1) is 14.3. The van der Waals surface area contributed by atoms with Gasteiger partial charge in [0.15, 0.2) is 11.5 Å². The number of carbonyl (C=O) groups is 1. The highest BCUT2D eigenvalue weighted by atomic mass is 19.4. The van der Waals surface area contributed by atoms with Crippen LogP contribution in [0, 0.1) is 0 Å². The Kier molecular flexibility index (Phi) is 7.07. The third-order valence-corrected chi connectivity index (χ3v) is 4.09. The monoisotopic (exact) mass is 446 g/mol. The Morgan fingerprint density at radius 2 is 1.71 bits per heavy atom. The molecule has 0 atom stereocenters. The second kappa shape index (κ2) is 9.18. The number of hydrogen-bond acceptors (Lipinski definition) is 3. The molecule has 0 saturated carbocycles. The van der Waals surface area contributed by atoms with E-state index in [-0.39, 0.29) is 23.1 Å². The zero-order valence-electron chi connectivity index (χ0n) is 16.2. The van der Waals surface area contributed by atoms with Gasteiger partial charge in [0.2, 0.25) is 0 Å². The third kappa shape index (κ3) is 6.29. The number of benzene rings is 2. The lowest BCUT2D eigenvalue weighted by atomic mass is 10.0. The zero-order valence-corrected chi connectivity index (χ0v) is 16.2. The second-order valence-electron chi connectivity index (χ2n) is 6.29. The molecule has 0 fully saturated rings. The van der Waals surface area contributed by atoms with Crippen molar-refractivity contribution in [3.8, 4) is 11.5 Å². The van der Waals surface area contributed by atoms with E-state index >= 15 is 0 Å².